The highest BCUT2D eigenvalue weighted by Gasteiger charge is 2.25. The largest absolute Gasteiger partial charge is 0.409 e. The number of likely N-dealkylation sites (tertiary alicyclic amines) is 1. The lowest BCUT2D eigenvalue weighted by molar-refractivity contribution is 0.228. The van der Waals surface area contributed by atoms with Crippen molar-refractivity contribution in [3.8, 4) is 0 Å². The molecule has 0 bridgehead atoms. The number of piperidine rings is 1. The summed E-state index contributed by atoms with van der Waals surface area (Å²) < 4.78 is 26.7. The highest BCUT2D eigenvalue weighted by atomic mass is 32.2. The fourth-order valence-electron chi connectivity index (χ4n) is 2.14. The second-order valence-corrected chi connectivity index (χ2v) is 6.41. The van der Waals surface area contributed by atoms with Gasteiger partial charge in [0.15, 0.2) is 5.84 Å². The van der Waals surface area contributed by atoms with Gasteiger partial charge in [0.25, 0.3) is 0 Å². The molecule has 9 nitrogen and oxygen atoms in total. The maximum atomic E-state index is 12.0. The lowest BCUT2D eigenvalue weighted by Gasteiger charge is -2.31. The van der Waals surface area contributed by atoms with E-state index in [1.165, 1.54) is 12.4 Å². The average molecular weight is 302 g/mol. The van der Waals surface area contributed by atoms with E-state index in [0.717, 1.165) is 0 Å². The molecule has 0 amide bonds. The number of nitrogens with two attached hydrogens (primary N) is 1. The smallest absolute Gasteiger partial charge is 0.243 e. The molecule has 2 heterocycles. The molecule has 5 N–H and O–H groups in total. The molecule has 1 aliphatic heterocycles. The van der Waals surface area contributed by atoms with Crippen molar-refractivity contribution in [3.63, 3.8) is 0 Å². The molecular formula is C10H18N6O3S. The van der Waals surface area contributed by atoms with Gasteiger partial charge >= 0.3 is 0 Å². The van der Waals surface area contributed by atoms with E-state index in [0.29, 0.717) is 32.5 Å². The van der Waals surface area contributed by atoms with Gasteiger partial charge in [0.05, 0.1) is 12.7 Å². The number of nitrogens with one attached hydrogen (secondary N) is 2. The topological polar surface area (TPSA) is 137 Å². The Morgan fingerprint density at radius 2 is 2.30 bits per heavy atom. The summed E-state index contributed by atoms with van der Waals surface area (Å²) in [6.07, 6.45) is 3.97. The fourth-order valence-corrected chi connectivity index (χ4v) is 3.35. The minimum absolute atomic E-state index is 0.113. The lowest BCUT2D eigenvalue weighted by atomic mass is 10.1. The first-order valence-corrected chi connectivity index (χ1v) is 7.69. The minimum atomic E-state index is -3.51. The molecule has 1 fully saturated rings. The Labute approximate surface area is 116 Å². The van der Waals surface area contributed by atoms with Gasteiger partial charge in [0.1, 0.15) is 4.90 Å². The number of H-pyrrole nitrogens is 1. The van der Waals surface area contributed by atoms with Crippen molar-refractivity contribution in [1.82, 2.24) is 19.8 Å². The summed E-state index contributed by atoms with van der Waals surface area (Å²) in [5, 5.41) is 17.5. The van der Waals surface area contributed by atoms with Gasteiger partial charge in [-0.05, 0) is 12.8 Å². The number of aromatic amines is 1. The molecule has 0 saturated carbocycles. The zero-order valence-electron chi connectivity index (χ0n) is 10.9. The number of sulfonamides is 1. The van der Waals surface area contributed by atoms with Crippen molar-refractivity contribution in [3.05, 3.63) is 12.4 Å². The number of amidine groups is 1. The van der Waals surface area contributed by atoms with Crippen LogP contribution >= 0.6 is 0 Å². The van der Waals surface area contributed by atoms with Crippen molar-refractivity contribution in [2.45, 2.75) is 23.8 Å². The third-order valence-electron chi connectivity index (χ3n) is 3.21. The maximum Gasteiger partial charge on any atom is 0.243 e. The van der Waals surface area contributed by atoms with Crippen LogP contribution < -0.4 is 10.5 Å². The third kappa shape index (κ3) is 3.68. The van der Waals surface area contributed by atoms with E-state index in [4.69, 9.17) is 10.9 Å². The molecule has 0 unspecified atom stereocenters. The molecule has 0 atom stereocenters. The molecule has 1 saturated heterocycles. The highest BCUT2D eigenvalue weighted by molar-refractivity contribution is 7.89. The first-order chi connectivity index (χ1) is 9.51. The average Bonchev–Trinajstić information content (AvgIpc) is 2.95. The van der Waals surface area contributed by atoms with Gasteiger partial charge in [-0.2, -0.15) is 5.10 Å². The Morgan fingerprint density at radius 1 is 1.60 bits per heavy atom. The van der Waals surface area contributed by atoms with Crippen LogP contribution in [0.1, 0.15) is 12.8 Å². The first kappa shape index (κ1) is 14.8. The normalized spacial score (nSPS) is 19.3. The zero-order valence-corrected chi connectivity index (χ0v) is 11.7. The molecule has 2 rings (SSSR count). The highest BCUT2D eigenvalue weighted by Crippen LogP contribution is 2.13. The summed E-state index contributed by atoms with van der Waals surface area (Å²) in [6.45, 7) is 1.77. The van der Waals surface area contributed by atoms with E-state index in [-0.39, 0.29) is 16.8 Å². The summed E-state index contributed by atoms with van der Waals surface area (Å²) in [5.74, 6) is 0.155. The molecule has 0 spiro atoms. The predicted molar refractivity (Wildman–Crippen MR) is 71.8 cm³/mol. The Hall–Kier alpha value is -1.65. The molecule has 1 aromatic heterocycles. The summed E-state index contributed by atoms with van der Waals surface area (Å²) in [6, 6.07) is -0.113. The second kappa shape index (κ2) is 6.20. The minimum Gasteiger partial charge on any atom is -0.409 e. The first-order valence-electron chi connectivity index (χ1n) is 6.21. The molecule has 0 aliphatic carbocycles. The molecule has 20 heavy (non-hydrogen) atoms. The predicted octanol–water partition coefficient (Wildman–Crippen LogP) is -1.10. The molecule has 10 heteroatoms. The number of oxime groups is 1. The zero-order chi connectivity index (χ0) is 14.6. The van der Waals surface area contributed by atoms with E-state index in [2.05, 4.69) is 20.1 Å². The second-order valence-electron chi connectivity index (χ2n) is 4.70. The molecule has 0 radical (unpaired) electrons. The van der Waals surface area contributed by atoms with Gasteiger partial charge < -0.3 is 10.9 Å². The van der Waals surface area contributed by atoms with E-state index in [1.807, 2.05) is 4.90 Å². The third-order valence-corrected chi connectivity index (χ3v) is 4.69. The number of nitrogens with zero attached hydrogens (tertiary/aromatic N) is 3. The van der Waals surface area contributed by atoms with Gasteiger partial charge in [0.2, 0.25) is 10.0 Å². The molecule has 1 aliphatic rings. The molecular weight excluding hydrogens is 284 g/mol. The fraction of sp³-hybridized carbons (Fsp3) is 0.600. The van der Waals surface area contributed by atoms with Crippen LogP contribution in [0.15, 0.2) is 22.4 Å². The summed E-state index contributed by atoms with van der Waals surface area (Å²) >= 11 is 0. The Bertz CT molecular complexity index is 548. The quantitative estimate of drug-likeness (QED) is 0.236. The standard InChI is InChI=1S/C10H18N6O3S/c11-10(14-17)7-16-3-1-8(2-4-16)15-20(18,19)9-5-12-13-6-9/h5-6,8,15,17H,1-4,7H2,(H2,11,14)(H,12,13). The Balaban J connectivity index is 1.86. The summed E-state index contributed by atoms with van der Waals surface area (Å²) in [4.78, 5) is 2.15. The Kier molecular flexibility index (Phi) is 4.57. The van der Waals surface area contributed by atoms with Gasteiger partial charge in [0, 0.05) is 25.3 Å². The summed E-state index contributed by atoms with van der Waals surface area (Å²) in [5.41, 5.74) is 5.44. The number of rotatable bonds is 5. The SMILES string of the molecule is NC(CN1CCC(NS(=O)(=O)c2cn[nH]c2)CC1)=NO. The molecule has 112 valence electrons. The van der Waals surface area contributed by atoms with Gasteiger partial charge in [-0.1, -0.05) is 5.16 Å². The number of hydrogen-bond donors (Lipinski definition) is 4. The molecule has 0 aromatic carbocycles. The van der Waals surface area contributed by atoms with Crippen LogP contribution in [0.4, 0.5) is 0 Å². The van der Waals surface area contributed by atoms with E-state index in [1.54, 1.807) is 0 Å². The summed E-state index contributed by atoms with van der Waals surface area (Å²) in [7, 11) is -3.51. The molecule has 1 aromatic rings. The van der Waals surface area contributed by atoms with Crippen molar-refractivity contribution in [1.29, 1.82) is 0 Å². The number of hydrogen-bond acceptors (Lipinski definition) is 6. The van der Waals surface area contributed by atoms with E-state index >= 15 is 0 Å². The van der Waals surface area contributed by atoms with Crippen molar-refractivity contribution in [2.75, 3.05) is 19.6 Å². The van der Waals surface area contributed by atoms with Crippen LogP contribution in [-0.2, 0) is 10.0 Å². The van der Waals surface area contributed by atoms with Crippen molar-refractivity contribution in [2.24, 2.45) is 10.9 Å². The van der Waals surface area contributed by atoms with E-state index < -0.39 is 10.0 Å². The van der Waals surface area contributed by atoms with Crippen LogP contribution in [0, 0.1) is 0 Å². The van der Waals surface area contributed by atoms with Crippen LogP contribution in [0.25, 0.3) is 0 Å². The maximum absolute atomic E-state index is 12.0. The van der Waals surface area contributed by atoms with E-state index in [9.17, 15) is 8.42 Å². The van der Waals surface area contributed by atoms with Crippen LogP contribution in [0.2, 0.25) is 0 Å². The van der Waals surface area contributed by atoms with Crippen LogP contribution in [-0.4, -0.2) is 60.2 Å². The van der Waals surface area contributed by atoms with Crippen LogP contribution in [0.3, 0.4) is 0 Å². The van der Waals surface area contributed by atoms with Crippen molar-refractivity contribution < 1.29 is 13.6 Å². The monoisotopic (exact) mass is 302 g/mol. The van der Waals surface area contributed by atoms with Crippen LogP contribution in [0.5, 0.6) is 0 Å². The number of aromatic nitrogens is 2. The van der Waals surface area contributed by atoms with Gasteiger partial charge in [-0.3, -0.25) is 10.00 Å². The van der Waals surface area contributed by atoms with Gasteiger partial charge in [-0.15, -0.1) is 0 Å². The van der Waals surface area contributed by atoms with Gasteiger partial charge in [-0.25, -0.2) is 13.1 Å². The van der Waals surface area contributed by atoms with Crippen molar-refractivity contribution >= 4 is 15.9 Å². The Morgan fingerprint density at radius 3 is 2.85 bits per heavy atom. The lowest BCUT2D eigenvalue weighted by Crippen LogP contribution is -2.46.